The number of ether oxygens (including phenoxy) is 1. The number of nitrogens with zero attached hydrogens (tertiary/aromatic N) is 4. The normalized spacial score (nSPS) is 14.9. The van der Waals surface area contributed by atoms with Gasteiger partial charge in [-0.05, 0) is 43.3 Å². The van der Waals surface area contributed by atoms with Gasteiger partial charge in [0.05, 0.1) is 12.3 Å². The van der Waals surface area contributed by atoms with Crippen molar-refractivity contribution < 1.29 is 27.2 Å². The molecule has 12 heteroatoms. The first-order valence-corrected chi connectivity index (χ1v) is 12.0. The van der Waals surface area contributed by atoms with Crippen LogP contribution in [0, 0.1) is 0 Å². The lowest BCUT2D eigenvalue weighted by atomic mass is 10.3. The van der Waals surface area contributed by atoms with Gasteiger partial charge in [0.15, 0.2) is 5.69 Å². The Morgan fingerprint density at radius 1 is 1.12 bits per heavy atom. The standard InChI is InChI=1S/C21H21ClN4O6S/c1-2-31-21(28)18-6-7-19(32-18)33(29,30)25-12-10-24(11-13-25)20(27)17-8-9-26(23-17)16-5-3-4-15(22)14-16/h3-9,14H,2,10-13H2,1H3. The molecule has 1 aromatic carbocycles. The number of aromatic nitrogens is 2. The van der Waals surface area contributed by atoms with Crippen molar-refractivity contribution >= 4 is 33.5 Å². The van der Waals surface area contributed by atoms with Crippen LogP contribution in [0.25, 0.3) is 5.69 Å². The van der Waals surface area contributed by atoms with Crippen LogP contribution in [0.3, 0.4) is 0 Å². The highest BCUT2D eigenvalue weighted by Gasteiger charge is 2.33. The third kappa shape index (κ3) is 4.80. The summed E-state index contributed by atoms with van der Waals surface area (Å²) in [5.41, 5.74) is 0.967. The molecule has 0 aliphatic carbocycles. The van der Waals surface area contributed by atoms with Crippen LogP contribution >= 0.6 is 11.6 Å². The number of furan rings is 1. The maximum Gasteiger partial charge on any atom is 0.374 e. The number of carbonyl (C=O) groups is 2. The van der Waals surface area contributed by atoms with Gasteiger partial charge in [0.25, 0.3) is 15.9 Å². The Morgan fingerprint density at radius 2 is 1.88 bits per heavy atom. The largest absolute Gasteiger partial charge is 0.460 e. The average Bonchev–Trinajstić information content (AvgIpc) is 3.50. The number of piperazine rings is 1. The molecule has 1 saturated heterocycles. The summed E-state index contributed by atoms with van der Waals surface area (Å²) >= 11 is 6.01. The van der Waals surface area contributed by atoms with E-state index in [-0.39, 0.29) is 55.2 Å². The minimum absolute atomic E-state index is 0.0819. The second-order valence-electron chi connectivity index (χ2n) is 7.16. The van der Waals surface area contributed by atoms with E-state index in [0.29, 0.717) is 5.02 Å². The lowest BCUT2D eigenvalue weighted by molar-refractivity contribution is 0.0483. The van der Waals surface area contributed by atoms with Crippen LogP contribution in [0.2, 0.25) is 5.02 Å². The van der Waals surface area contributed by atoms with E-state index in [0.717, 1.165) is 5.69 Å². The van der Waals surface area contributed by atoms with Crippen molar-refractivity contribution in [3.8, 4) is 5.69 Å². The lowest BCUT2D eigenvalue weighted by Gasteiger charge is -2.33. The molecule has 174 valence electrons. The topological polar surface area (TPSA) is 115 Å². The van der Waals surface area contributed by atoms with Gasteiger partial charge in [-0.1, -0.05) is 17.7 Å². The van der Waals surface area contributed by atoms with E-state index in [4.69, 9.17) is 20.8 Å². The van der Waals surface area contributed by atoms with Crippen LogP contribution in [0.4, 0.5) is 0 Å². The number of amides is 1. The summed E-state index contributed by atoms with van der Waals surface area (Å²) in [5.74, 6) is -1.21. The number of hydrogen-bond donors (Lipinski definition) is 0. The van der Waals surface area contributed by atoms with Crippen LogP contribution in [0.5, 0.6) is 0 Å². The number of sulfonamides is 1. The summed E-state index contributed by atoms with van der Waals surface area (Å²) in [7, 11) is -3.95. The first-order chi connectivity index (χ1) is 15.8. The highest BCUT2D eigenvalue weighted by molar-refractivity contribution is 7.89. The molecule has 0 atom stereocenters. The van der Waals surface area contributed by atoms with Crippen molar-refractivity contribution in [2.45, 2.75) is 12.0 Å². The summed E-state index contributed by atoms with van der Waals surface area (Å²) in [6.45, 7) is 2.33. The van der Waals surface area contributed by atoms with Gasteiger partial charge < -0.3 is 14.1 Å². The fourth-order valence-corrected chi connectivity index (χ4v) is 4.91. The Morgan fingerprint density at radius 3 is 2.58 bits per heavy atom. The molecule has 4 rings (SSSR count). The van der Waals surface area contributed by atoms with E-state index in [1.807, 2.05) is 6.07 Å². The maximum atomic E-state index is 12.9. The highest BCUT2D eigenvalue weighted by atomic mass is 35.5. The lowest BCUT2D eigenvalue weighted by Crippen LogP contribution is -2.50. The van der Waals surface area contributed by atoms with E-state index in [2.05, 4.69) is 5.10 Å². The predicted octanol–water partition coefficient (Wildman–Crippen LogP) is 2.44. The molecule has 1 fully saturated rings. The first-order valence-electron chi connectivity index (χ1n) is 10.2. The zero-order valence-electron chi connectivity index (χ0n) is 17.7. The maximum absolute atomic E-state index is 12.9. The van der Waals surface area contributed by atoms with Gasteiger partial charge >= 0.3 is 5.97 Å². The third-order valence-corrected chi connectivity index (χ3v) is 7.07. The molecular formula is C21H21ClN4O6S. The summed E-state index contributed by atoms with van der Waals surface area (Å²) in [6, 6.07) is 11.2. The zero-order valence-corrected chi connectivity index (χ0v) is 19.3. The number of carbonyl (C=O) groups excluding carboxylic acids is 2. The summed E-state index contributed by atoms with van der Waals surface area (Å²) < 4.78 is 38.5. The Hall–Kier alpha value is -3.15. The van der Waals surface area contributed by atoms with Crippen molar-refractivity contribution in [3.05, 3.63) is 65.1 Å². The number of esters is 1. The van der Waals surface area contributed by atoms with E-state index in [1.54, 1.807) is 47.0 Å². The van der Waals surface area contributed by atoms with Crippen LogP contribution in [-0.2, 0) is 14.8 Å². The SMILES string of the molecule is CCOC(=O)c1ccc(S(=O)(=O)N2CCN(C(=O)c3ccn(-c4cccc(Cl)c4)n3)CC2)o1. The molecule has 1 aliphatic rings. The van der Waals surface area contributed by atoms with E-state index < -0.39 is 16.0 Å². The zero-order chi connectivity index (χ0) is 23.6. The highest BCUT2D eigenvalue weighted by Crippen LogP contribution is 2.22. The molecule has 3 heterocycles. The van der Waals surface area contributed by atoms with Crippen molar-refractivity contribution in [2.75, 3.05) is 32.8 Å². The molecule has 10 nitrogen and oxygen atoms in total. The van der Waals surface area contributed by atoms with Gasteiger partial charge in [-0.25, -0.2) is 17.9 Å². The third-order valence-electron chi connectivity index (χ3n) is 5.06. The Kier molecular flexibility index (Phi) is 6.54. The molecule has 33 heavy (non-hydrogen) atoms. The number of benzene rings is 1. The monoisotopic (exact) mass is 492 g/mol. The predicted molar refractivity (Wildman–Crippen MR) is 118 cm³/mol. The molecule has 0 N–H and O–H groups in total. The van der Waals surface area contributed by atoms with Crippen LogP contribution in [0.1, 0.15) is 28.0 Å². The molecule has 2 aromatic heterocycles. The smallest absolute Gasteiger partial charge is 0.374 e. The van der Waals surface area contributed by atoms with Crippen LogP contribution < -0.4 is 0 Å². The van der Waals surface area contributed by atoms with Crippen molar-refractivity contribution in [1.29, 1.82) is 0 Å². The van der Waals surface area contributed by atoms with Crippen molar-refractivity contribution in [3.63, 3.8) is 0 Å². The number of hydrogen-bond acceptors (Lipinski definition) is 7. The van der Waals surface area contributed by atoms with Crippen molar-refractivity contribution in [2.24, 2.45) is 0 Å². The Balaban J connectivity index is 1.40. The van der Waals surface area contributed by atoms with Gasteiger partial charge in [0.2, 0.25) is 10.9 Å². The van der Waals surface area contributed by atoms with Crippen LogP contribution in [0.15, 0.2) is 58.2 Å². The van der Waals surface area contributed by atoms with E-state index in [9.17, 15) is 18.0 Å². The Bertz CT molecular complexity index is 1280. The van der Waals surface area contributed by atoms with Gasteiger partial charge in [0.1, 0.15) is 0 Å². The molecule has 0 saturated carbocycles. The quantitative estimate of drug-likeness (QED) is 0.485. The second-order valence-corrected chi connectivity index (χ2v) is 9.47. The Labute approximate surface area is 195 Å². The molecule has 0 spiro atoms. The van der Waals surface area contributed by atoms with Gasteiger partial charge in [0, 0.05) is 37.4 Å². The summed E-state index contributed by atoms with van der Waals surface area (Å²) in [4.78, 5) is 26.1. The van der Waals surface area contributed by atoms with Gasteiger partial charge in [-0.15, -0.1) is 0 Å². The molecular weight excluding hydrogens is 472 g/mol. The molecule has 1 aliphatic heterocycles. The van der Waals surface area contributed by atoms with Crippen molar-refractivity contribution in [1.82, 2.24) is 19.0 Å². The molecule has 3 aromatic rings. The number of halogens is 1. The second kappa shape index (κ2) is 9.38. The van der Waals surface area contributed by atoms with E-state index in [1.165, 1.54) is 16.4 Å². The molecule has 0 bridgehead atoms. The fourth-order valence-electron chi connectivity index (χ4n) is 3.39. The van der Waals surface area contributed by atoms with Crippen LogP contribution in [-0.4, -0.2) is 72.1 Å². The summed E-state index contributed by atoms with van der Waals surface area (Å²) in [6.07, 6.45) is 1.66. The minimum Gasteiger partial charge on any atom is -0.460 e. The minimum atomic E-state index is -3.95. The number of rotatable bonds is 6. The van der Waals surface area contributed by atoms with Gasteiger partial charge in [-0.2, -0.15) is 9.40 Å². The van der Waals surface area contributed by atoms with Gasteiger partial charge in [-0.3, -0.25) is 4.79 Å². The fraction of sp³-hybridized carbons (Fsp3) is 0.286. The molecule has 0 radical (unpaired) electrons. The molecule has 0 unspecified atom stereocenters. The average molecular weight is 493 g/mol. The van der Waals surface area contributed by atoms with E-state index >= 15 is 0 Å². The summed E-state index contributed by atoms with van der Waals surface area (Å²) in [5, 5.41) is 4.54. The molecule has 1 amide bonds. The first kappa shape index (κ1) is 23.0.